The zero-order chi connectivity index (χ0) is 14.1. The van der Waals surface area contributed by atoms with Crippen LogP contribution in [-0.4, -0.2) is 15.0 Å². The Labute approximate surface area is 117 Å². The fraction of sp³-hybridized carbons (Fsp3) is 0.188. The van der Waals surface area contributed by atoms with Crippen LogP contribution in [0.2, 0.25) is 0 Å². The summed E-state index contributed by atoms with van der Waals surface area (Å²) in [4.78, 5) is 13.6. The van der Waals surface area contributed by atoms with Crippen molar-refractivity contribution in [1.29, 1.82) is 0 Å². The van der Waals surface area contributed by atoms with Gasteiger partial charge in [0.05, 0.1) is 0 Å². The maximum atomic E-state index is 5.74. The molecule has 0 saturated carbocycles. The summed E-state index contributed by atoms with van der Waals surface area (Å²) in [6.07, 6.45) is 1.79. The molecule has 0 spiro atoms. The molecule has 0 aliphatic carbocycles. The number of rotatable bonds is 2. The highest BCUT2D eigenvalue weighted by Gasteiger charge is 2.12. The van der Waals surface area contributed by atoms with Gasteiger partial charge in [-0.15, -0.1) is 0 Å². The number of aromatic nitrogens is 3. The molecule has 0 saturated heterocycles. The summed E-state index contributed by atoms with van der Waals surface area (Å²) in [5.41, 5.74) is 9.40. The number of aryl methyl sites for hydroxylation is 2. The molecule has 0 aliphatic rings. The molecule has 0 radical (unpaired) electrons. The van der Waals surface area contributed by atoms with E-state index in [-0.39, 0.29) is 0 Å². The van der Waals surface area contributed by atoms with Crippen molar-refractivity contribution in [2.45, 2.75) is 20.4 Å². The van der Waals surface area contributed by atoms with E-state index in [1.165, 1.54) is 0 Å². The Hall–Kier alpha value is -2.33. The lowest BCUT2D eigenvalue weighted by Crippen LogP contribution is -2.07. The molecule has 1 aromatic carbocycles. The molecule has 100 valence electrons. The summed E-state index contributed by atoms with van der Waals surface area (Å²) in [5.74, 6) is 0.661. The van der Waals surface area contributed by atoms with Gasteiger partial charge in [0.1, 0.15) is 5.69 Å². The van der Waals surface area contributed by atoms with Crippen LogP contribution in [0.4, 0.5) is 0 Å². The van der Waals surface area contributed by atoms with Gasteiger partial charge in [-0.25, -0.2) is 9.97 Å². The van der Waals surface area contributed by atoms with Gasteiger partial charge in [0.15, 0.2) is 5.82 Å². The number of hydrogen-bond acceptors (Lipinski definition) is 4. The van der Waals surface area contributed by atoms with Crippen molar-refractivity contribution >= 4 is 10.8 Å². The van der Waals surface area contributed by atoms with Crippen molar-refractivity contribution in [3.05, 3.63) is 53.5 Å². The third kappa shape index (κ3) is 2.04. The first-order chi connectivity index (χ1) is 9.70. The van der Waals surface area contributed by atoms with E-state index in [4.69, 9.17) is 5.73 Å². The fourth-order valence-corrected chi connectivity index (χ4v) is 2.44. The van der Waals surface area contributed by atoms with Crippen LogP contribution in [0.15, 0.2) is 36.5 Å². The van der Waals surface area contributed by atoms with Crippen LogP contribution in [0.3, 0.4) is 0 Å². The average molecular weight is 264 g/mol. The molecule has 0 unspecified atom stereocenters. The largest absolute Gasteiger partial charge is 0.326 e. The van der Waals surface area contributed by atoms with Crippen LogP contribution in [0, 0.1) is 13.8 Å². The number of benzene rings is 1. The Kier molecular flexibility index (Phi) is 3.16. The minimum atomic E-state index is 0.459. The van der Waals surface area contributed by atoms with Crippen molar-refractivity contribution in [2.24, 2.45) is 5.73 Å². The van der Waals surface area contributed by atoms with Crippen molar-refractivity contribution in [1.82, 2.24) is 15.0 Å². The molecule has 20 heavy (non-hydrogen) atoms. The molecule has 2 N–H and O–H groups in total. The normalized spacial score (nSPS) is 10.9. The molecule has 4 heteroatoms. The Morgan fingerprint density at radius 2 is 1.70 bits per heavy atom. The second kappa shape index (κ2) is 4.98. The van der Waals surface area contributed by atoms with Gasteiger partial charge in [0.2, 0.25) is 0 Å². The van der Waals surface area contributed by atoms with Gasteiger partial charge in [-0.1, -0.05) is 24.3 Å². The van der Waals surface area contributed by atoms with E-state index >= 15 is 0 Å². The maximum Gasteiger partial charge on any atom is 0.179 e. The summed E-state index contributed by atoms with van der Waals surface area (Å²) >= 11 is 0. The predicted octanol–water partition coefficient (Wildman–Crippen LogP) is 2.77. The van der Waals surface area contributed by atoms with E-state index in [1.54, 1.807) is 6.20 Å². The Balaban J connectivity index is 2.26. The lowest BCUT2D eigenvalue weighted by molar-refractivity contribution is 0.936. The number of hydrogen-bond donors (Lipinski definition) is 1. The third-order valence-electron chi connectivity index (χ3n) is 3.51. The first-order valence-electron chi connectivity index (χ1n) is 6.59. The van der Waals surface area contributed by atoms with Gasteiger partial charge in [-0.05, 0) is 25.3 Å². The van der Waals surface area contributed by atoms with Crippen molar-refractivity contribution in [2.75, 3.05) is 0 Å². The van der Waals surface area contributed by atoms with Gasteiger partial charge < -0.3 is 5.73 Å². The summed E-state index contributed by atoms with van der Waals surface area (Å²) in [6.45, 7) is 4.39. The molecule has 3 rings (SSSR count). The van der Waals surface area contributed by atoms with Gasteiger partial charge in [0.25, 0.3) is 0 Å². The summed E-state index contributed by atoms with van der Waals surface area (Å²) in [7, 11) is 0. The minimum absolute atomic E-state index is 0.459. The number of fused-ring (bicyclic) bond motifs is 1. The van der Waals surface area contributed by atoms with Crippen LogP contribution in [0.25, 0.3) is 22.3 Å². The molecule has 2 heterocycles. The topological polar surface area (TPSA) is 64.7 Å². The second-order valence-corrected chi connectivity index (χ2v) is 4.78. The van der Waals surface area contributed by atoms with Crippen LogP contribution in [0.5, 0.6) is 0 Å². The van der Waals surface area contributed by atoms with E-state index in [0.717, 1.165) is 33.4 Å². The summed E-state index contributed by atoms with van der Waals surface area (Å²) < 4.78 is 0. The highest BCUT2D eigenvalue weighted by Crippen LogP contribution is 2.24. The van der Waals surface area contributed by atoms with E-state index in [2.05, 4.69) is 21.0 Å². The molecule has 0 aliphatic heterocycles. The molecular formula is C16H16N4. The third-order valence-corrected chi connectivity index (χ3v) is 3.51. The number of nitrogens with two attached hydrogens (primary N) is 1. The van der Waals surface area contributed by atoms with Gasteiger partial charge >= 0.3 is 0 Å². The molecule has 0 fully saturated rings. The smallest absolute Gasteiger partial charge is 0.179 e. The minimum Gasteiger partial charge on any atom is -0.326 e. The Morgan fingerprint density at radius 1 is 1.00 bits per heavy atom. The summed E-state index contributed by atoms with van der Waals surface area (Å²) in [6, 6.07) is 10.1. The number of nitrogens with zero attached hydrogens (tertiary/aromatic N) is 3. The van der Waals surface area contributed by atoms with Crippen LogP contribution in [-0.2, 0) is 6.54 Å². The average Bonchev–Trinajstić information content (AvgIpc) is 2.46. The first-order valence-corrected chi connectivity index (χ1v) is 6.59. The molecular weight excluding hydrogens is 248 g/mol. The van der Waals surface area contributed by atoms with Crippen LogP contribution < -0.4 is 5.73 Å². The fourth-order valence-electron chi connectivity index (χ4n) is 2.44. The lowest BCUT2D eigenvalue weighted by atomic mass is 10.1. The van der Waals surface area contributed by atoms with Crippen LogP contribution in [0.1, 0.15) is 17.0 Å². The molecule has 2 aromatic heterocycles. The van der Waals surface area contributed by atoms with Gasteiger partial charge in [-0.3, -0.25) is 4.98 Å². The standard InChI is InChI=1S/C16H16N4/c1-10-14(9-17)11(2)20-16(19-10)15-13-6-4-3-5-12(13)7-8-18-15/h3-8H,9,17H2,1-2H3. The second-order valence-electron chi connectivity index (χ2n) is 4.78. The maximum absolute atomic E-state index is 5.74. The quantitative estimate of drug-likeness (QED) is 0.773. The molecule has 3 aromatic rings. The Bertz CT molecular complexity index is 752. The molecule has 0 amide bonds. The highest BCUT2D eigenvalue weighted by atomic mass is 14.9. The molecule has 0 bridgehead atoms. The van der Waals surface area contributed by atoms with Gasteiger partial charge in [0, 0.05) is 35.1 Å². The van der Waals surface area contributed by atoms with E-state index in [0.29, 0.717) is 12.4 Å². The monoisotopic (exact) mass is 264 g/mol. The predicted molar refractivity (Wildman–Crippen MR) is 80.1 cm³/mol. The SMILES string of the molecule is Cc1nc(-c2nccc3ccccc23)nc(C)c1CN. The first kappa shape index (κ1) is 12.7. The molecule has 4 nitrogen and oxygen atoms in total. The number of pyridine rings is 1. The van der Waals surface area contributed by atoms with Gasteiger partial charge in [-0.2, -0.15) is 0 Å². The van der Waals surface area contributed by atoms with Crippen LogP contribution >= 0.6 is 0 Å². The van der Waals surface area contributed by atoms with E-state index in [9.17, 15) is 0 Å². The zero-order valence-corrected chi connectivity index (χ0v) is 11.6. The van der Waals surface area contributed by atoms with E-state index in [1.807, 2.05) is 38.1 Å². The molecule has 0 atom stereocenters. The van der Waals surface area contributed by atoms with Crippen molar-refractivity contribution < 1.29 is 0 Å². The highest BCUT2D eigenvalue weighted by molar-refractivity contribution is 5.92. The summed E-state index contributed by atoms with van der Waals surface area (Å²) in [5, 5.41) is 2.20. The lowest BCUT2D eigenvalue weighted by Gasteiger charge is -2.10. The van der Waals surface area contributed by atoms with Crippen molar-refractivity contribution in [3.63, 3.8) is 0 Å². The van der Waals surface area contributed by atoms with E-state index < -0.39 is 0 Å². The Morgan fingerprint density at radius 3 is 2.40 bits per heavy atom. The zero-order valence-electron chi connectivity index (χ0n) is 11.6. The van der Waals surface area contributed by atoms with Crippen molar-refractivity contribution in [3.8, 4) is 11.5 Å².